The Morgan fingerprint density at radius 2 is 1.29 bits per heavy atom. The SMILES string of the molecule is N#Cc1ccc2c(C#N)ccccc1-2. The fourth-order valence-corrected chi connectivity index (χ4v) is 1.49. The first-order valence-corrected chi connectivity index (χ1v) is 4.19. The molecule has 0 unspecified atom stereocenters. The summed E-state index contributed by atoms with van der Waals surface area (Å²) in [6, 6.07) is 15.0. The van der Waals surface area contributed by atoms with Crippen molar-refractivity contribution >= 4 is 0 Å². The van der Waals surface area contributed by atoms with Crippen LogP contribution < -0.4 is 0 Å². The van der Waals surface area contributed by atoms with Crippen LogP contribution in [0.25, 0.3) is 11.1 Å². The van der Waals surface area contributed by atoms with Gasteiger partial charge in [-0.05, 0) is 12.1 Å². The summed E-state index contributed by atoms with van der Waals surface area (Å²) in [7, 11) is 0. The van der Waals surface area contributed by atoms with Crippen LogP contribution in [-0.4, -0.2) is 0 Å². The lowest BCUT2D eigenvalue weighted by molar-refractivity contribution is 1.49. The minimum absolute atomic E-state index is 0.603. The van der Waals surface area contributed by atoms with Crippen LogP contribution in [-0.2, 0) is 0 Å². The topological polar surface area (TPSA) is 47.6 Å². The van der Waals surface area contributed by atoms with E-state index in [0.29, 0.717) is 11.1 Å². The third-order valence-corrected chi connectivity index (χ3v) is 2.16. The van der Waals surface area contributed by atoms with Crippen molar-refractivity contribution in [3.63, 3.8) is 0 Å². The van der Waals surface area contributed by atoms with Gasteiger partial charge in [-0.25, -0.2) is 0 Å². The molecular formula is C12H6N2. The van der Waals surface area contributed by atoms with Crippen LogP contribution in [0.15, 0.2) is 36.4 Å². The van der Waals surface area contributed by atoms with Gasteiger partial charge in [0.05, 0.1) is 23.3 Å². The first-order chi connectivity index (χ1) is 6.86. The quantitative estimate of drug-likeness (QED) is 0.622. The molecule has 0 aromatic heterocycles. The van der Waals surface area contributed by atoms with Crippen molar-refractivity contribution in [1.82, 2.24) is 0 Å². The van der Waals surface area contributed by atoms with Crippen molar-refractivity contribution in [2.75, 3.05) is 0 Å². The lowest BCUT2D eigenvalue weighted by Gasteiger charge is -1.93. The third kappa shape index (κ3) is 1.11. The predicted octanol–water partition coefficient (Wildman–Crippen LogP) is 2.53. The van der Waals surface area contributed by atoms with E-state index in [2.05, 4.69) is 12.1 Å². The molecule has 0 atom stereocenters. The molecule has 0 bridgehead atoms. The molecule has 0 aliphatic heterocycles. The van der Waals surface area contributed by atoms with Gasteiger partial charge in [0.25, 0.3) is 0 Å². The summed E-state index contributed by atoms with van der Waals surface area (Å²) in [5.74, 6) is 0. The highest BCUT2D eigenvalue weighted by molar-refractivity contribution is 5.78. The van der Waals surface area contributed by atoms with Crippen molar-refractivity contribution < 1.29 is 0 Å². The summed E-state index contributed by atoms with van der Waals surface area (Å²) in [5, 5.41) is 17.7. The molecule has 0 aromatic rings. The van der Waals surface area contributed by atoms with E-state index in [1.54, 1.807) is 18.2 Å². The molecule has 0 saturated carbocycles. The molecule has 0 heterocycles. The maximum Gasteiger partial charge on any atom is 0.0998 e. The minimum Gasteiger partial charge on any atom is -0.192 e. The Bertz CT molecular complexity index is 529. The number of fused-ring (bicyclic) bond motifs is 1. The number of nitrogens with zero attached hydrogens (tertiary/aromatic N) is 2. The van der Waals surface area contributed by atoms with Gasteiger partial charge in [0.1, 0.15) is 0 Å². The Hall–Kier alpha value is -2.32. The van der Waals surface area contributed by atoms with E-state index in [0.717, 1.165) is 11.1 Å². The van der Waals surface area contributed by atoms with Crippen LogP contribution in [0.4, 0.5) is 0 Å². The maximum absolute atomic E-state index is 8.90. The molecule has 2 aliphatic rings. The molecule has 0 amide bonds. The van der Waals surface area contributed by atoms with Gasteiger partial charge < -0.3 is 0 Å². The van der Waals surface area contributed by atoms with Crippen molar-refractivity contribution in [2.45, 2.75) is 0 Å². The highest BCUT2D eigenvalue weighted by atomic mass is 14.3. The molecule has 0 saturated heterocycles. The minimum atomic E-state index is 0.603. The Morgan fingerprint density at radius 3 is 2.00 bits per heavy atom. The second-order valence-electron chi connectivity index (χ2n) is 2.93. The van der Waals surface area contributed by atoms with E-state index in [-0.39, 0.29) is 0 Å². The summed E-state index contributed by atoms with van der Waals surface area (Å²) in [4.78, 5) is 0. The van der Waals surface area contributed by atoms with Gasteiger partial charge in [-0.2, -0.15) is 10.5 Å². The average molecular weight is 178 g/mol. The molecule has 0 spiro atoms. The molecule has 0 aromatic carbocycles. The van der Waals surface area contributed by atoms with E-state index in [4.69, 9.17) is 10.5 Å². The van der Waals surface area contributed by atoms with E-state index < -0.39 is 0 Å². The normalized spacial score (nSPS) is 9.29. The zero-order chi connectivity index (χ0) is 9.97. The van der Waals surface area contributed by atoms with Crippen molar-refractivity contribution in [3.05, 3.63) is 47.5 Å². The Morgan fingerprint density at radius 1 is 0.714 bits per heavy atom. The average Bonchev–Trinajstić information content (AvgIpc) is 2.51. The maximum atomic E-state index is 8.90. The second-order valence-corrected chi connectivity index (χ2v) is 2.93. The van der Waals surface area contributed by atoms with Gasteiger partial charge in [0.2, 0.25) is 0 Å². The second kappa shape index (κ2) is 3.20. The molecule has 2 heteroatoms. The van der Waals surface area contributed by atoms with Crippen molar-refractivity contribution in [3.8, 4) is 23.3 Å². The van der Waals surface area contributed by atoms with Gasteiger partial charge in [0.15, 0.2) is 0 Å². The third-order valence-electron chi connectivity index (χ3n) is 2.16. The van der Waals surface area contributed by atoms with Crippen molar-refractivity contribution in [1.29, 1.82) is 10.5 Å². The van der Waals surface area contributed by atoms with Crippen LogP contribution in [0.5, 0.6) is 0 Å². The van der Waals surface area contributed by atoms with Gasteiger partial charge in [-0.1, -0.05) is 24.3 Å². The van der Waals surface area contributed by atoms with Crippen LogP contribution in [0, 0.1) is 22.7 Å². The van der Waals surface area contributed by atoms with E-state index in [1.807, 2.05) is 18.2 Å². The van der Waals surface area contributed by atoms with Gasteiger partial charge in [-0.3, -0.25) is 0 Å². The number of nitriles is 2. The summed E-state index contributed by atoms with van der Waals surface area (Å²) >= 11 is 0. The summed E-state index contributed by atoms with van der Waals surface area (Å²) in [6.45, 7) is 0. The number of hydrogen-bond acceptors (Lipinski definition) is 2. The molecular weight excluding hydrogens is 172 g/mol. The van der Waals surface area contributed by atoms with Crippen molar-refractivity contribution in [2.24, 2.45) is 0 Å². The fraction of sp³-hybridized carbons (Fsp3) is 0. The Labute approximate surface area is 82.0 Å². The van der Waals surface area contributed by atoms with Crippen LogP contribution >= 0.6 is 0 Å². The Balaban J connectivity index is 2.81. The summed E-state index contributed by atoms with van der Waals surface area (Å²) < 4.78 is 0. The van der Waals surface area contributed by atoms with Crippen LogP contribution in [0.1, 0.15) is 11.1 Å². The number of rotatable bonds is 0. The number of hydrogen-bond donors (Lipinski definition) is 0. The van der Waals surface area contributed by atoms with Gasteiger partial charge in [-0.15, -0.1) is 0 Å². The molecule has 0 radical (unpaired) electrons. The van der Waals surface area contributed by atoms with Gasteiger partial charge in [0, 0.05) is 11.1 Å². The molecule has 0 fully saturated rings. The zero-order valence-corrected chi connectivity index (χ0v) is 7.36. The molecule has 0 N–H and O–H groups in total. The first kappa shape index (κ1) is 8.29. The summed E-state index contributed by atoms with van der Waals surface area (Å²) in [6.07, 6.45) is 0. The van der Waals surface area contributed by atoms with E-state index in [9.17, 15) is 0 Å². The monoisotopic (exact) mass is 178 g/mol. The highest BCUT2D eigenvalue weighted by Gasteiger charge is 2.10. The van der Waals surface area contributed by atoms with Crippen LogP contribution in [0.2, 0.25) is 0 Å². The highest BCUT2D eigenvalue weighted by Crippen LogP contribution is 2.29. The largest absolute Gasteiger partial charge is 0.192 e. The van der Waals surface area contributed by atoms with E-state index in [1.165, 1.54) is 0 Å². The van der Waals surface area contributed by atoms with Gasteiger partial charge >= 0.3 is 0 Å². The lowest BCUT2D eigenvalue weighted by atomic mass is 10.1. The zero-order valence-electron chi connectivity index (χ0n) is 7.36. The first-order valence-electron chi connectivity index (χ1n) is 4.19. The smallest absolute Gasteiger partial charge is 0.0998 e. The molecule has 2 nitrogen and oxygen atoms in total. The van der Waals surface area contributed by atoms with E-state index >= 15 is 0 Å². The molecule has 2 aliphatic carbocycles. The predicted molar refractivity (Wildman–Crippen MR) is 52.5 cm³/mol. The van der Waals surface area contributed by atoms with Crippen LogP contribution in [0.3, 0.4) is 0 Å². The fourth-order valence-electron chi connectivity index (χ4n) is 1.49. The molecule has 2 rings (SSSR count). The molecule has 14 heavy (non-hydrogen) atoms. The molecule has 64 valence electrons. The standard InChI is InChI=1S/C12H6N2/c13-7-9-3-1-2-4-11-10(8-14)5-6-12(9)11/h1-6H. The Kier molecular flexibility index (Phi) is 1.89. The lowest BCUT2D eigenvalue weighted by Crippen LogP contribution is -1.76. The summed E-state index contributed by atoms with van der Waals surface area (Å²) in [5.41, 5.74) is 2.90.